The van der Waals surface area contributed by atoms with Gasteiger partial charge >= 0.3 is 7.12 Å². The minimum absolute atomic E-state index is 0.317. The van der Waals surface area contributed by atoms with Crippen molar-refractivity contribution in [3.05, 3.63) is 30.1 Å². The van der Waals surface area contributed by atoms with Crippen LogP contribution in [0.15, 0.2) is 24.3 Å². The predicted octanol–water partition coefficient (Wildman–Crippen LogP) is 0.550. The predicted molar refractivity (Wildman–Crippen MR) is 45.6 cm³/mol. The number of hydrogen-bond acceptors (Lipinski definition) is 2. The second-order valence-electron chi connectivity index (χ2n) is 2.36. The smallest absolute Gasteiger partial charge is 0.423 e. The highest BCUT2D eigenvalue weighted by Crippen LogP contribution is 1.94. The van der Waals surface area contributed by atoms with E-state index in [1.54, 1.807) is 6.92 Å². The Labute approximate surface area is 71.1 Å². The number of rotatable bonds is 3. The van der Waals surface area contributed by atoms with E-state index in [2.05, 4.69) is 0 Å². The molecule has 12 heavy (non-hydrogen) atoms. The lowest BCUT2D eigenvalue weighted by Gasteiger charge is -2.04. The third kappa shape index (κ3) is 2.32. The molecule has 1 rings (SSSR count). The molecule has 0 fully saturated rings. The molecular weight excluding hydrogens is 158 g/mol. The van der Waals surface area contributed by atoms with Gasteiger partial charge in [0.2, 0.25) is 0 Å². The highest BCUT2D eigenvalue weighted by molar-refractivity contribution is 6.59. The molecule has 0 amide bonds. The van der Waals surface area contributed by atoms with E-state index in [1.807, 2.05) is 0 Å². The van der Waals surface area contributed by atoms with Crippen molar-refractivity contribution in [2.45, 2.75) is 6.92 Å². The molecule has 0 heterocycles. The zero-order valence-electron chi connectivity index (χ0n) is 6.83. The van der Waals surface area contributed by atoms with Crippen LogP contribution < -0.4 is 5.46 Å². The Kier molecular flexibility index (Phi) is 3.25. The van der Waals surface area contributed by atoms with Crippen molar-refractivity contribution in [2.75, 3.05) is 6.61 Å². The second kappa shape index (κ2) is 4.23. The molecule has 0 unspecified atom stereocenters. The number of benzene rings is 1. The Morgan fingerprint density at radius 3 is 2.50 bits per heavy atom. The molecule has 64 valence electrons. The zero-order chi connectivity index (χ0) is 8.97. The summed E-state index contributed by atoms with van der Waals surface area (Å²) >= 11 is 0. The van der Waals surface area contributed by atoms with Gasteiger partial charge in [0, 0.05) is 6.61 Å². The van der Waals surface area contributed by atoms with Crippen molar-refractivity contribution in [3.8, 4) is 0 Å². The molecule has 0 saturated carbocycles. The van der Waals surface area contributed by atoms with Gasteiger partial charge in [0.25, 0.3) is 0 Å². The summed E-state index contributed by atoms with van der Waals surface area (Å²) in [5.74, 6) is -0.317. The summed E-state index contributed by atoms with van der Waals surface area (Å²) in [6.07, 6.45) is 0. The first-order chi connectivity index (χ1) is 5.74. The third-order valence-corrected chi connectivity index (χ3v) is 1.48. The van der Waals surface area contributed by atoms with E-state index in [-0.39, 0.29) is 5.82 Å². The van der Waals surface area contributed by atoms with Gasteiger partial charge in [0.1, 0.15) is 5.82 Å². The van der Waals surface area contributed by atoms with Gasteiger partial charge in [-0.1, -0.05) is 12.1 Å². The monoisotopic (exact) mass is 168 g/mol. The summed E-state index contributed by atoms with van der Waals surface area (Å²) in [5, 5.41) is 9.27. The van der Waals surface area contributed by atoms with E-state index in [1.165, 1.54) is 24.3 Å². The minimum atomic E-state index is -0.949. The molecule has 1 aromatic carbocycles. The van der Waals surface area contributed by atoms with Crippen molar-refractivity contribution in [2.24, 2.45) is 0 Å². The zero-order valence-corrected chi connectivity index (χ0v) is 6.83. The van der Waals surface area contributed by atoms with Crippen LogP contribution >= 0.6 is 0 Å². The molecular formula is C8H10BFO2. The van der Waals surface area contributed by atoms with E-state index in [0.29, 0.717) is 12.1 Å². The summed E-state index contributed by atoms with van der Waals surface area (Å²) in [7, 11) is -0.949. The SMILES string of the molecule is CCOB(O)c1ccc(F)cc1. The van der Waals surface area contributed by atoms with E-state index in [4.69, 9.17) is 4.65 Å². The summed E-state index contributed by atoms with van der Waals surface area (Å²) < 4.78 is 17.3. The first-order valence-electron chi connectivity index (χ1n) is 3.79. The molecule has 2 nitrogen and oxygen atoms in total. The fraction of sp³-hybridized carbons (Fsp3) is 0.250. The molecule has 0 aliphatic rings. The van der Waals surface area contributed by atoms with Crippen LogP contribution in [-0.4, -0.2) is 18.7 Å². The Morgan fingerprint density at radius 2 is 2.00 bits per heavy atom. The molecule has 1 aromatic rings. The van der Waals surface area contributed by atoms with Crippen LogP contribution in [0.3, 0.4) is 0 Å². The van der Waals surface area contributed by atoms with Crippen molar-refractivity contribution in [1.29, 1.82) is 0 Å². The summed E-state index contributed by atoms with van der Waals surface area (Å²) in [6.45, 7) is 2.21. The van der Waals surface area contributed by atoms with Crippen LogP contribution in [0.25, 0.3) is 0 Å². The van der Waals surface area contributed by atoms with Crippen molar-refractivity contribution < 1.29 is 14.1 Å². The van der Waals surface area contributed by atoms with E-state index < -0.39 is 7.12 Å². The van der Waals surface area contributed by atoms with Gasteiger partial charge in [-0.15, -0.1) is 0 Å². The molecule has 0 spiro atoms. The quantitative estimate of drug-likeness (QED) is 0.667. The second-order valence-corrected chi connectivity index (χ2v) is 2.36. The molecule has 0 saturated heterocycles. The van der Waals surface area contributed by atoms with Crippen molar-refractivity contribution in [3.63, 3.8) is 0 Å². The highest BCUT2D eigenvalue weighted by Gasteiger charge is 2.14. The van der Waals surface area contributed by atoms with Gasteiger partial charge < -0.3 is 9.68 Å². The first kappa shape index (κ1) is 9.22. The van der Waals surface area contributed by atoms with Crippen LogP contribution in [0.1, 0.15) is 6.92 Å². The molecule has 0 bridgehead atoms. The van der Waals surface area contributed by atoms with Gasteiger partial charge in [0.15, 0.2) is 0 Å². The van der Waals surface area contributed by atoms with Gasteiger partial charge in [-0.2, -0.15) is 0 Å². The number of halogens is 1. The fourth-order valence-electron chi connectivity index (χ4n) is 0.882. The van der Waals surface area contributed by atoms with E-state index >= 15 is 0 Å². The van der Waals surface area contributed by atoms with Crippen LogP contribution in [0.4, 0.5) is 4.39 Å². The molecule has 0 aliphatic heterocycles. The standard InChI is InChI=1S/C8H10BFO2/c1-2-12-9(11)7-3-5-8(10)6-4-7/h3-6,11H,2H2,1H3. The van der Waals surface area contributed by atoms with Gasteiger partial charge in [0.05, 0.1) is 0 Å². The number of hydrogen-bond donors (Lipinski definition) is 1. The molecule has 0 atom stereocenters. The maximum absolute atomic E-state index is 12.4. The minimum Gasteiger partial charge on any atom is -0.423 e. The van der Waals surface area contributed by atoms with Crippen LogP contribution in [0, 0.1) is 5.82 Å². The lowest BCUT2D eigenvalue weighted by molar-refractivity contribution is 0.287. The molecule has 0 aromatic heterocycles. The lowest BCUT2D eigenvalue weighted by Crippen LogP contribution is -2.33. The van der Waals surface area contributed by atoms with Crippen LogP contribution in [0.5, 0.6) is 0 Å². The third-order valence-electron chi connectivity index (χ3n) is 1.48. The Morgan fingerprint density at radius 1 is 1.42 bits per heavy atom. The molecule has 4 heteroatoms. The Bertz CT molecular complexity index is 237. The van der Waals surface area contributed by atoms with Gasteiger partial charge in [-0.25, -0.2) is 4.39 Å². The topological polar surface area (TPSA) is 29.5 Å². The maximum atomic E-state index is 12.4. The highest BCUT2D eigenvalue weighted by atomic mass is 19.1. The summed E-state index contributed by atoms with van der Waals surface area (Å²) in [4.78, 5) is 0. The van der Waals surface area contributed by atoms with Gasteiger partial charge in [-0.3, -0.25) is 0 Å². The molecule has 1 N–H and O–H groups in total. The maximum Gasteiger partial charge on any atom is 0.491 e. The average Bonchev–Trinajstić information content (AvgIpc) is 2.06. The van der Waals surface area contributed by atoms with Gasteiger partial charge in [-0.05, 0) is 24.5 Å². The largest absolute Gasteiger partial charge is 0.491 e. The first-order valence-corrected chi connectivity index (χ1v) is 3.79. The summed E-state index contributed by atoms with van der Waals surface area (Å²) in [6, 6.07) is 5.57. The normalized spacial score (nSPS) is 9.92. The van der Waals surface area contributed by atoms with E-state index in [0.717, 1.165) is 0 Å². The van der Waals surface area contributed by atoms with Crippen molar-refractivity contribution >= 4 is 12.6 Å². The lowest BCUT2D eigenvalue weighted by atomic mass is 9.80. The Hall–Kier alpha value is -0.865. The summed E-state index contributed by atoms with van der Waals surface area (Å²) in [5.41, 5.74) is 0.568. The molecule has 0 aliphatic carbocycles. The van der Waals surface area contributed by atoms with Crippen molar-refractivity contribution in [1.82, 2.24) is 0 Å². The molecule has 0 radical (unpaired) electrons. The van der Waals surface area contributed by atoms with E-state index in [9.17, 15) is 9.41 Å². The van der Waals surface area contributed by atoms with Crippen LogP contribution in [0.2, 0.25) is 0 Å². The van der Waals surface area contributed by atoms with Crippen LogP contribution in [-0.2, 0) is 4.65 Å². The Balaban J connectivity index is 2.68. The fourth-order valence-corrected chi connectivity index (χ4v) is 0.882. The average molecular weight is 168 g/mol.